The third-order valence-corrected chi connectivity index (χ3v) is 5.89. The fourth-order valence-electron chi connectivity index (χ4n) is 3.39. The van der Waals surface area contributed by atoms with Gasteiger partial charge in [0.1, 0.15) is 24.7 Å². The van der Waals surface area contributed by atoms with Gasteiger partial charge in [-0.15, -0.1) is 0 Å². The molecule has 0 bridgehead atoms. The highest BCUT2D eigenvalue weighted by Gasteiger charge is 2.30. The fourth-order valence-corrected chi connectivity index (χ4v) is 3.92. The molecule has 0 aliphatic carbocycles. The maximum absolute atomic E-state index is 12.3. The van der Waals surface area contributed by atoms with E-state index in [0.717, 1.165) is 6.07 Å². The number of nitro groups is 1. The number of rotatable bonds is 8. The van der Waals surface area contributed by atoms with Crippen LogP contribution in [0.1, 0.15) is 12.8 Å². The monoisotopic (exact) mass is 449 g/mol. The Morgan fingerprint density at radius 2 is 1.81 bits per heavy atom. The lowest BCUT2D eigenvalue weighted by molar-refractivity contribution is -0.384. The van der Waals surface area contributed by atoms with Crippen LogP contribution in [0.3, 0.4) is 0 Å². The molecule has 3 rings (SSSR count). The van der Waals surface area contributed by atoms with E-state index in [4.69, 9.17) is 14.6 Å². The third kappa shape index (κ3) is 5.92. The number of nitro benzene ring substituents is 1. The number of piperidine rings is 1. The minimum atomic E-state index is -4.05. The maximum atomic E-state index is 12.3. The molecule has 1 fully saturated rings. The number of carbonyl (C=O) groups excluding carboxylic acids is 1. The summed E-state index contributed by atoms with van der Waals surface area (Å²) >= 11 is 0. The number of primary sulfonamides is 1. The highest BCUT2D eigenvalue weighted by Crippen LogP contribution is 2.33. The Morgan fingerprint density at radius 1 is 1.13 bits per heavy atom. The average Bonchev–Trinajstić information content (AvgIpc) is 2.76. The second kappa shape index (κ2) is 9.75. The topological polar surface area (TPSA) is 142 Å². The average molecular weight is 449 g/mol. The van der Waals surface area contributed by atoms with E-state index in [1.54, 1.807) is 4.90 Å². The summed E-state index contributed by atoms with van der Waals surface area (Å²) in [5.41, 5.74) is -0.0499. The summed E-state index contributed by atoms with van der Waals surface area (Å²) in [6.45, 7) is 1.18. The Morgan fingerprint density at radius 3 is 2.42 bits per heavy atom. The Bertz CT molecular complexity index is 1040. The normalized spacial score (nSPS) is 14.8. The van der Waals surface area contributed by atoms with Gasteiger partial charge in [-0.1, -0.05) is 18.2 Å². The number of para-hydroxylation sites is 1. The number of nitrogens with zero attached hydrogens (tertiary/aromatic N) is 2. The van der Waals surface area contributed by atoms with Crippen molar-refractivity contribution in [2.45, 2.75) is 17.7 Å². The van der Waals surface area contributed by atoms with E-state index >= 15 is 0 Å². The molecule has 0 spiro atoms. The molecular weight excluding hydrogens is 426 g/mol. The number of nitrogens with two attached hydrogens (primary N) is 1. The molecule has 31 heavy (non-hydrogen) atoms. The van der Waals surface area contributed by atoms with Crippen LogP contribution in [0.2, 0.25) is 0 Å². The second-order valence-electron chi connectivity index (χ2n) is 7.04. The second-order valence-corrected chi connectivity index (χ2v) is 8.60. The first-order valence-electron chi connectivity index (χ1n) is 9.66. The molecule has 2 aromatic carbocycles. The van der Waals surface area contributed by atoms with Gasteiger partial charge in [-0.2, -0.15) is 0 Å². The summed E-state index contributed by atoms with van der Waals surface area (Å²) in [6.07, 6.45) is 0.930. The predicted octanol–water partition coefficient (Wildman–Crippen LogP) is 2.08. The number of sulfonamides is 1. The molecule has 1 aliphatic heterocycles. The highest BCUT2D eigenvalue weighted by atomic mass is 32.2. The minimum Gasteiger partial charge on any atom is -0.490 e. The molecule has 2 N–H and O–H groups in total. The SMILES string of the molecule is NS(=O)(=O)c1ccc(N2CCC(C(=O)OCCOc3ccccc3)CC2)c([N+](=O)[O-])c1. The molecule has 11 heteroatoms. The van der Waals surface area contributed by atoms with Gasteiger partial charge < -0.3 is 14.4 Å². The number of anilines is 1. The number of carbonyl (C=O) groups is 1. The lowest BCUT2D eigenvalue weighted by Crippen LogP contribution is -2.37. The Balaban J connectivity index is 1.53. The van der Waals surface area contributed by atoms with Crippen LogP contribution < -0.4 is 14.8 Å². The predicted molar refractivity (Wildman–Crippen MR) is 112 cm³/mol. The van der Waals surface area contributed by atoms with Gasteiger partial charge in [-0.05, 0) is 37.1 Å². The van der Waals surface area contributed by atoms with Crippen LogP contribution >= 0.6 is 0 Å². The molecule has 0 radical (unpaired) electrons. The van der Waals surface area contributed by atoms with Crippen molar-refractivity contribution in [2.75, 3.05) is 31.2 Å². The van der Waals surface area contributed by atoms with Crippen molar-refractivity contribution in [1.82, 2.24) is 0 Å². The van der Waals surface area contributed by atoms with Crippen LogP contribution in [0.4, 0.5) is 11.4 Å². The van der Waals surface area contributed by atoms with Crippen molar-refractivity contribution in [2.24, 2.45) is 11.1 Å². The molecule has 0 saturated carbocycles. The largest absolute Gasteiger partial charge is 0.490 e. The summed E-state index contributed by atoms with van der Waals surface area (Å²) in [6, 6.07) is 12.8. The molecule has 0 unspecified atom stereocenters. The number of hydrogen-bond acceptors (Lipinski definition) is 8. The van der Waals surface area contributed by atoms with Gasteiger partial charge in [-0.3, -0.25) is 14.9 Å². The number of ether oxygens (including phenoxy) is 2. The number of hydrogen-bond donors (Lipinski definition) is 1. The molecule has 10 nitrogen and oxygen atoms in total. The van der Waals surface area contributed by atoms with Crippen LogP contribution in [0.25, 0.3) is 0 Å². The van der Waals surface area contributed by atoms with E-state index < -0.39 is 14.9 Å². The lowest BCUT2D eigenvalue weighted by Gasteiger charge is -2.32. The number of benzene rings is 2. The van der Waals surface area contributed by atoms with Crippen molar-refractivity contribution in [3.63, 3.8) is 0 Å². The zero-order valence-electron chi connectivity index (χ0n) is 16.7. The molecule has 0 aromatic heterocycles. The minimum absolute atomic E-state index is 0.133. The molecule has 0 amide bonds. The van der Waals surface area contributed by atoms with Crippen molar-refractivity contribution < 1.29 is 27.6 Å². The third-order valence-electron chi connectivity index (χ3n) is 4.98. The van der Waals surface area contributed by atoms with Crippen LogP contribution in [0, 0.1) is 16.0 Å². The van der Waals surface area contributed by atoms with Crippen LogP contribution in [-0.4, -0.2) is 45.6 Å². The van der Waals surface area contributed by atoms with E-state index in [1.807, 2.05) is 30.3 Å². The van der Waals surface area contributed by atoms with Crippen molar-refractivity contribution in [1.29, 1.82) is 0 Å². The van der Waals surface area contributed by atoms with Gasteiger partial charge in [-0.25, -0.2) is 13.6 Å². The maximum Gasteiger partial charge on any atom is 0.309 e. The smallest absolute Gasteiger partial charge is 0.309 e. The van der Waals surface area contributed by atoms with Gasteiger partial charge in [0.25, 0.3) is 5.69 Å². The lowest BCUT2D eigenvalue weighted by atomic mass is 9.96. The van der Waals surface area contributed by atoms with Gasteiger partial charge in [0, 0.05) is 19.2 Å². The Kier molecular flexibility index (Phi) is 7.08. The first-order valence-corrected chi connectivity index (χ1v) is 11.2. The van der Waals surface area contributed by atoms with Crippen molar-refractivity contribution >= 4 is 27.4 Å². The van der Waals surface area contributed by atoms with E-state index in [2.05, 4.69) is 0 Å². The highest BCUT2D eigenvalue weighted by molar-refractivity contribution is 7.89. The molecule has 1 aliphatic rings. The summed E-state index contributed by atoms with van der Waals surface area (Å²) in [4.78, 5) is 24.5. The molecular formula is C20H23N3O7S. The fraction of sp³-hybridized carbons (Fsp3) is 0.350. The first kappa shape index (κ1) is 22.5. The summed E-state index contributed by atoms with van der Waals surface area (Å²) in [5, 5.41) is 16.5. The van der Waals surface area contributed by atoms with Gasteiger partial charge in [0.2, 0.25) is 10.0 Å². The summed E-state index contributed by atoms with van der Waals surface area (Å²) in [5.74, 6) is 0.0630. The molecule has 166 valence electrons. The summed E-state index contributed by atoms with van der Waals surface area (Å²) in [7, 11) is -4.05. The molecule has 2 aromatic rings. The summed E-state index contributed by atoms with van der Waals surface area (Å²) < 4.78 is 33.7. The molecule has 1 saturated heterocycles. The van der Waals surface area contributed by atoms with Gasteiger partial charge >= 0.3 is 5.97 Å². The van der Waals surface area contributed by atoms with Gasteiger partial charge in [0.15, 0.2) is 0 Å². The molecule has 1 heterocycles. The number of esters is 1. The zero-order chi connectivity index (χ0) is 22.4. The molecule has 0 atom stereocenters. The van der Waals surface area contributed by atoms with Crippen LogP contribution in [-0.2, 0) is 19.6 Å². The van der Waals surface area contributed by atoms with E-state index in [1.165, 1.54) is 12.1 Å². The van der Waals surface area contributed by atoms with Gasteiger partial charge in [0.05, 0.1) is 15.7 Å². The standard InChI is InChI=1S/C20H23N3O7S/c21-31(27,28)17-6-7-18(19(14-17)23(25)26)22-10-8-15(9-11-22)20(24)30-13-12-29-16-4-2-1-3-5-16/h1-7,14-15H,8-13H2,(H2,21,27,28). The van der Waals surface area contributed by atoms with Crippen LogP contribution in [0.15, 0.2) is 53.4 Å². The van der Waals surface area contributed by atoms with E-state index in [0.29, 0.717) is 37.4 Å². The first-order chi connectivity index (χ1) is 14.8. The van der Waals surface area contributed by atoms with E-state index in [9.17, 15) is 23.3 Å². The Labute approximate surface area is 179 Å². The quantitative estimate of drug-likeness (QED) is 0.279. The van der Waals surface area contributed by atoms with Crippen molar-refractivity contribution in [3.8, 4) is 5.75 Å². The zero-order valence-corrected chi connectivity index (χ0v) is 17.5. The van der Waals surface area contributed by atoms with E-state index in [-0.39, 0.29) is 35.7 Å². The van der Waals surface area contributed by atoms with Crippen LogP contribution in [0.5, 0.6) is 5.75 Å². The van der Waals surface area contributed by atoms with Crippen molar-refractivity contribution in [3.05, 3.63) is 58.6 Å². The Hall–Kier alpha value is -3.18.